The number of halogens is 1. The van der Waals surface area contributed by atoms with E-state index in [0.29, 0.717) is 0 Å². The molecule has 0 saturated heterocycles. The Bertz CT molecular complexity index is 1210. The molecule has 0 spiro atoms. The highest BCUT2D eigenvalue weighted by molar-refractivity contribution is 7.26. The third-order valence-electron chi connectivity index (χ3n) is 4.23. The summed E-state index contributed by atoms with van der Waals surface area (Å²) in [5.74, 6) is 0. The van der Waals surface area contributed by atoms with Crippen molar-refractivity contribution in [2.75, 3.05) is 0 Å². The molecule has 0 amide bonds. The fraction of sp³-hybridized carbons (Fsp3) is 0. The van der Waals surface area contributed by atoms with E-state index >= 15 is 0 Å². The molecular weight excluding hydrogens is 336 g/mol. The molecule has 0 fully saturated rings. The average molecular weight is 347 g/mol. The van der Waals surface area contributed by atoms with E-state index in [-0.39, 0.29) is 5.28 Å². The predicted octanol–water partition coefficient (Wildman–Crippen LogP) is 6.32. The summed E-state index contributed by atoms with van der Waals surface area (Å²) in [6.07, 6.45) is 0. The molecule has 0 bridgehead atoms. The third kappa shape index (κ3) is 2.02. The topological polar surface area (TPSA) is 25.8 Å². The maximum atomic E-state index is 6.26. The number of aromatic nitrogens is 2. The highest BCUT2D eigenvalue weighted by Gasteiger charge is 2.16. The van der Waals surface area contributed by atoms with E-state index in [1.807, 2.05) is 18.2 Å². The summed E-state index contributed by atoms with van der Waals surface area (Å²) in [6.45, 7) is 0. The highest BCUT2D eigenvalue weighted by Crippen LogP contribution is 2.41. The lowest BCUT2D eigenvalue weighted by molar-refractivity contribution is 1.24. The highest BCUT2D eigenvalue weighted by atomic mass is 35.5. The molecule has 5 rings (SSSR count). The van der Waals surface area contributed by atoms with Gasteiger partial charge in [-0.1, -0.05) is 60.7 Å². The SMILES string of the molecule is Clc1nc(-c2ccccc2)c2sc3ccc4ccccc4c3c2n1. The van der Waals surface area contributed by atoms with Gasteiger partial charge >= 0.3 is 0 Å². The summed E-state index contributed by atoms with van der Waals surface area (Å²) in [7, 11) is 0. The van der Waals surface area contributed by atoms with E-state index in [4.69, 9.17) is 11.6 Å². The van der Waals surface area contributed by atoms with Gasteiger partial charge in [0.05, 0.1) is 15.9 Å². The van der Waals surface area contributed by atoms with Crippen molar-refractivity contribution in [2.24, 2.45) is 0 Å². The quantitative estimate of drug-likeness (QED) is 0.332. The summed E-state index contributed by atoms with van der Waals surface area (Å²) >= 11 is 7.99. The van der Waals surface area contributed by atoms with Crippen LogP contribution >= 0.6 is 22.9 Å². The van der Waals surface area contributed by atoms with Gasteiger partial charge in [0, 0.05) is 15.6 Å². The molecule has 2 heterocycles. The summed E-state index contributed by atoms with van der Waals surface area (Å²) in [4.78, 5) is 9.08. The van der Waals surface area contributed by atoms with Gasteiger partial charge in [0.1, 0.15) is 0 Å². The van der Waals surface area contributed by atoms with Crippen molar-refractivity contribution in [1.82, 2.24) is 9.97 Å². The summed E-state index contributed by atoms with van der Waals surface area (Å²) in [6, 6.07) is 22.8. The molecule has 0 atom stereocenters. The van der Waals surface area contributed by atoms with Gasteiger partial charge in [0.15, 0.2) is 0 Å². The lowest BCUT2D eigenvalue weighted by Gasteiger charge is -2.03. The number of hydrogen-bond acceptors (Lipinski definition) is 3. The van der Waals surface area contributed by atoms with E-state index < -0.39 is 0 Å². The Morgan fingerprint density at radius 1 is 0.792 bits per heavy atom. The Balaban J connectivity index is 1.99. The van der Waals surface area contributed by atoms with Gasteiger partial charge in [-0.15, -0.1) is 11.3 Å². The predicted molar refractivity (Wildman–Crippen MR) is 103 cm³/mol. The van der Waals surface area contributed by atoms with E-state index in [1.165, 1.54) is 15.5 Å². The zero-order valence-electron chi connectivity index (χ0n) is 12.5. The molecular formula is C20H11ClN2S. The molecule has 0 aliphatic heterocycles. The van der Waals surface area contributed by atoms with Crippen LogP contribution in [0.1, 0.15) is 0 Å². The van der Waals surface area contributed by atoms with Crippen LogP contribution in [0.3, 0.4) is 0 Å². The van der Waals surface area contributed by atoms with Crippen LogP contribution in [0.25, 0.3) is 42.3 Å². The van der Waals surface area contributed by atoms with Crippen molar-refractivity contribution in [3.63, 3.8) is 0 Å². The summed E-state index contributed by atoms with van der Waals surface area (Å²) in [5.41, 5.74) is 2.89. The second kappa shape index (κ2) is 5.26. The maximum Gasteiger partial charge on any atom is 0.223 e. The average Bonchev–Trinajstić information content (AvgIpc) is 3.00. The molecule has 0 unspecified atom stereocenters. The number of fused-ring (bicyclic) bond motifs is 5. The molecule has 0 N–H and O–H groups in total. The number of hydrogen-bond donors (Lipinski definition) is 0. The smallest absolute Gasteiger partial charge is 0.216 e. The van der Waals surface area contributed by atoms with E-state index in [1.54, 1.807) is 11.3 Å². The number of rotatable bonds is 1. The number of benzene rings is 3. The monoisotopic (exact) mass is 346 g/mol. The molecule has 2 nitrogen and oxygen atoms in total. The first-order valence-electron chi connectivity index (χ1n) is 7.64. The second-order valence-electron chi connectivity index (χ2n) is 5.65. The van der Waals surface area contributed by atoms with Crippen molar-refractivity contribution in [1.29, 1.82) is 0 Å². The Labute approximate surface area is 147 Å². The number of nitrogens with zero attached hydrogens (tertiary/aromatic N) is 2. The normalized spacial score (nSPS) is 11.5. The maximum absolute atomic E-state index is 6.26. The van der Waals surface area contributed by atoms with Crippen LogP contribution in [0.5, 0.6) is 0 Å². The number of thiophene rings is 1. The van der Waals surface area contributed by atoms with E-state index in [0.717, 1.165) is 26.9 Å². The molecule has 0 aliphatic rings. The minimum Gasteiger partial charge on any atom is -0.216 e. The van der Waals surface area contributed by atoms with E-state index in [2.05, 4.69) is 58.5 Å². The van der Waals surface area contributed by atoms with Gasteiger partial charge in [-0.25, -0.2) is 9.97 Å². The zero-order chi connectivity index (χ0) is 16.1. The minimum atomic E-state index is 0.286. The van der Waals surface area contributed by atoms with Gasteiger partial charge < -0.3 is 0 Å². The van der Waals surface area contributed by atoms with Crippen molar-refractivity contribution >= 4 is 54.0 Å². The molecule has 24 heavy (non-hydrogen) atoms. The van der Waals surface area contributed by atoms with Crippen LogP contribution in [-0.4, -0.2) is 9.97 Å². The fourth-order valence-corrected chi connectivity index (χ4v) is 4.51. The molecule has 4 heteroatoms. The third-order valence-corrected chi connectivity index (χ3v) is 5.55. The van der Waals surface area contributed by atoms with Crippen LogP contribution < -0.4 is 0 Å². The molecule has 0 saturated carbocycles. The summed E-state index contributed by atoms with van der Waals surface area (Å²) < 4.78 is 2.29. The van der Waals surface area contributed by atoms with Gasteiger partial charge in [-0.2, -0.15) is 0 Å². The molecule has 0 radical (unpaired) electrons. The Hall–Kier alpha value is -2.49. The molecule has 114 valence electrons. The van der Waals surface area contributed by atoms with Crippen LogP contribution in [0.4, 0.5) is 0 Å². The lowest BCUT2D eigenvalue weighted by Crippen LogP contribution is -1.88. The van der Waals surface area contributed by atoms with E-state index in [9.17, 15) is 0 Å². The Kier molecular flexibility index (Phi) is 3.05. The molecule has 2 aromatic heterocycles. The van der Waals surface area contributed by atoms with Crippen molar-refractivity contribution in [2.45, 2.75) is 0 Å². The van der Waals surface area contributed by atoms with Gasteiger partial charge in [0.2, 0.25) is 5.28 Å². The van der Waals surface area contributed by atoms with Crippen LogP contribution in [-0.2, 0) is 0 Å². The first-order chi connectivity index (χ1) is 11.8. The molecule has 5 aromatic rings. The minimum absolute atomic E-state index is 0.286. The Morgan fingerprint density at radius 2 is 1.58 bits per heavy atom. The van der Waals surface area contributed by atoms with Crippen LogP contribution in [0, 0.1) is 0 Å². The van der Waals surface area contributed by atoms with Crippen LogP contribution in [0.15, 0.2) is 66.7 Å². The largest absolute Gasteiger partial charge is 0.223 e. The van der Waals surface area contributed by atoms with Crippen LogP contribution in [0.2, 0.25) is 5.28 Å². The molecule has 3 aromatic carbocycles. The zero-order valence-corrected chi connectivity index (χ0v) is 14.1. The van der Waals surface area contributed by atoms with Gasteiger partial charge in [-0.3, -0.25) is 0 Å². The fourth-order valence-electron chi connectivity index (χ4n) is 3.17. The second-order valence-corrected chi connectivity index (χ2v) is 7.04. The lowest BCUT2D eigenvalue weighted by atomic mass is 10.1. The van der Waals surface area contributed by atoms with Crippen molar-refractivity contribution in [3.05, 3.63) is 72.0 Å². The summed E-state index contributed by atoms with van der Waals surface area (Å²) in [5, 5.41) is 3.86. The molecule has 0 aliphatic carbocycles. The first kappa shape index (κ1) is 13.9. The standard InChI is InChI=1S/C20H11ClN2S/c21-20-22-17(13-7-2-1-3-8-13)19-18(23-20)16-14-9-5-4-6-12(14)10-11-15(16)24-19/h1-11H. The Morgan fingerprint density at radius 3 is 2.46 bits per heavy atom. The van der Waals surface area contributed by atoms with Crippen molar-refractivity contribution < 1.29 is 0 Å². The first-order valence-corrected chi connectivity index (χ1v) is 8.83. The van der Waals surface area contributed by atoms with Gasteiger partial charge in [0.25, 0.3) is 0 Å². The van der Waals surface area contributed by atoms with Crippen molar-refractivity contribution in [3.8, 4) is 11.3 Å². The van der Waals surface area contributed by atoms with Gasteiger partial charge in [-0.05, 0) is 28.4 Å².